The molecular formula is C8H8N2S. The van der Waals surface area contributed by atoms with Crippen LogP contribution in [0.1, 0.15) is 12.6 Å². The molecule has 0 N–H and O–H groups in total. The predicted octanol–water partition coefficient (Wildman–Crippen LogP) is 2.25. The van der Waals surface area contributed by atoms with Crippen LogP contribution in [0.2, 0.25) is 0 Å². The maximum atomic E-state index is 4.25. The van der Waals surface area contributed by atoms with Crippen molar-refractivity contribution in [3.8, 4) is 0 Å². The predicted molar refractivity (Wildman–Crippen MR) is 46.8 cm³/mol. The number of nitrogens with zero attached hydrogens (tertiary/aromatic N) is 2. The molecule has 2 nitrogen and oxygen atoms in total. The molecule has 56 valence electrons. The molecule has 0 aromatic carbocycles. The molecule has 11 heavy (non-hydrogen) atoms. The largest absolute Gasteiger partial charge is 0.259 e. The van der Waals surface area contributed by atoms with E-state index in [1.165, 1.54) is 4.70 Å². The Morgan fingerprint density at radius 1 is 1.45 bits per heavy atom. The lowest BCUT2D eigenvalue weighted by Crippen LogP contribution is -1.86. The van der Waals surface area contributed by atoms with Gasteiger partial charge in [0, 0.05) is 6.20 Å². The summed E-state index contributed by atoms with van der Waals surface area (Å²) in [6, 6.07) is 2.01. The van der Waals surface area contributed by atoms with Gasteiger partial charge in [0.05, 0.1) is 15.9 Å². The summed E-state index contributed by atoms with van der Waals surface area (Å²) in [4.78, 5) is 8.49. The summed E-state index contributed by atoms with van der Waals surface area (Å²) in [7, 11) is 0. The number of thiazole rings is 1. The van der Waals surface area contributed by atoms with Gasteiger partial charge in [-0.1, -0.05) is 6.92 Å². The van der Waals surface area contributed by atoms with Crippen molar-refractivity contribution >= 4 is 21.6 Å². The van der Waals surface area contributed by atoms with E-state index in [2.05, 4.69) is 16.9 Å². The van der Waals surface area contributed by atoms with E-state index in [-0.39, 0.29) is 0 Å². The van der Waals surface area contributed by atoms with Crippen molar-refractivity contribution < 1.29 is 0 Å². The molecule has 0 aliphatic heterocycles. The van der Waals surface area contributed by atoms with E-state index in [1.807, 2.05) is 17.8 Å². The second kappa shape index (κ2) is 2.58. The van der Waals surface area contributed by atoms with Gasteiger partial charge in [-0.15, -0.1) is 11.3 Å². The van der Waals surface area contributed by atoms with Gasteiger partial charge >= 0.3 is 0 Å². The maximum Gasteiger partial charge on any atom is 0.103 e. The van der Waals surface area contributed by atoms with Crippen molar-refractivity contribution in [3.63, 3.8) is 0 Å². The van der Waals surface area contributed by atoms with Crippen molar-refractivity contribution in [1.29, 1.82) is 0 Å². The van der Waals surface area contributed by atoms with Gasteiger partial charge in [0.1, 0.15) is 5.52 Å². The van der Waals surface area contributed by atoms with Gasteiger partial charge < -0.3 is 0 Å². The van der Waals surface area contributed by atoms with Crippen LogP contribution in [-0.4, -0.2) is 9.97 Å². The first-order chi connectivity index (χ1) is 5.42. The molecule has 0 aliphatic rings. The average Bonchev–Trinajstić information content (AvgIpc) is 2.50. The first kappa shape index (κ1) is 6.73. The Bertz CT molecular complexity index is 367. The molecular weight excluding hydrogens is 156 g/mol. The van der Waals surface area contributed by atoms with Crippen LogP contribution in [0.3, 0.4) is 0 Å². The highest BCUT2D eigenvalue weighted by Gasteiger charge is 2.00. The standard InChI is InChI=1S/C8H8N2S/c1-2-6-8-7(3-4-9-6)11-5-10-8/h3-5H,2H2,1H3. The molecule has 2 aromatic rings. The fourth-order valence-electron chi connectivity index (χ4n) is 1.11. The van der Waals surface area contributed by atoms with Crippen molar-refractivity contribution in [1.82, 2.24) is 9.97 Å². The molecule has 0 atom stereocenters. The molecule has 0 radical (unpaired) electrons. The minimum atomic E-state index is 0.959. The minimum Gasteiger partial charge on any atom is -0.259 e. The highest BCUT2D eigenvalue weighted by atomic mass is 32.1. The number of aryl methyl sites for hydroxylation is 1. The quantitative estimate of drug-likeness (QED) is 0.646. The van der Waals surface area contributed by atoms with Gasteiger partial charge in [0.2, 0.25) is 0 Å². The molecule has 2 rings (SSSR count). The number of fused-ring (bicyclic) bond motifs is 1. The zero-order valence-corrected chi connectivity index (χ0v) is 7.06. The van der Waals surface area contributed by atoms with Gasteiger partial charge in [0.15, 0.2) is 0 Å². The van der Waals surface area contributed by atoms with E-state index >= 15 is 0 Å². The van der Waals surface area contributed by atoms with Crippen molar-refractivity contribution in [2.75, 3.05) is 0 Å². The molecule has 0 unspecified atom stereocenters. The minimum absolute atomic E-state index is 0.959. The Balaban J connectivity index is 2.79. The summed E-state index contributed by atoms with van der Waals surface area (Å²) in [5.41, 5.74) is 4.04. The Hall–Kier alpha value is -0.960. The second-order valence-electron chi connectivity index (χ2n) is 2.31. The third-order valence-electron chi connectivity index (χ3n) is 1.66. The average molecular weight is 164 g/mol. The van der Waals surface area contributed by atoms with E-state index in [0.717, 1.165) is 17.6 Å². The summed E-state index contributed by atoms with van der Waals surface area (Å²) in [6.45, 7) is 2.10. The molecule has 2 aromatic heterocycles. The highest BCUT2D eigenvalue weighted by Crippen LogP contribution is 2.19. The summed E-state index contributed by atoms with van der Waals surface area (Å²) in [5, 5.41) is 0. The van der Waals surface area contributed by atoms with E-state index < -0.39 is 0 Å². The SMILES string of the molecule is CCc1nccc2scnc12. The normalized spacial score (nSPS) is 10.6. The molecule has 0 saturated carbocycles. The summed E-state index contributed by atoms with van der Waals surface area (Å²) < 4.78 is 1.23. The third-order valence-corrected chi connectivity index (χ3v) is 2.45. The fraction of sp³-hybridized carbons (Fsp3) is 0.250. The number of pyridine rings is 1. The first-order valence-electron chi connectivity index (χ1n) is 3.59. The van der Waals surface area contributed by atoms with Crippen LogP contribution >= 0.6 is 11.3 Å². The van der Waals surface area contributed by atoms with Gasteiger partial charge in [0.25, 0.3) is 0 Å². The lowest BCUT2D eigenvalue weighted by atomic mass is 10.3. The monoisotopic (exact) mass is 164 g/mol. The Morgan fingerprint density at radius 3 is 3.18 bits per heavy atom. The van der Waals surface area contributed by atoms with Crippen LogP contribution in [0, 0.1) is 0 Å². The van der Waals surface area contributed by atoms with Crippen molar-refractivity contribution in [2.45, 2.75) is 13.3 Å². The third kappa shape index (κ3) is 1.01. The fourth-order valence-corrected chi connectivity index (χ4v) is 1.80. The second-order valence-corrected chi connectivity index (χ2v) is 3.20. The summed E-state index contributed by atoms with van der Waals surface area (Å²) >= 11 is 1.67. The Kier molecular flexibility index (Phi) is 1.58. The molecule has 0 amide bonds. The highest BCUT2D eigenvalue weighted by molar-refractivity contribution is 7.16. The Labute approximate surface area is 68.9 Å². The topological polar surface area (TPSA) is 25.8 Å². The number of aromatic nitrogens is 2. The zero-order valence-electron chi connectivity index (χ0n) is 6.24. The van der Waals surface area contributed by atoms with E-state index in [9.17, 15) is 0 Å². The van der Waals surface area contributed by atoms with Crippen molar-refractivity contribution in [2.24, 2.45) is 0 Å². The molecule has 0 aliphatic carbocycles. The lowest BCUT2D eigenvalue weighted by Gasteiger charge is -1.94. The summed E-state index contributed by atoms with van der Waals surface area (Å²) in [6.07, 6.45) is 2.81. The van der Waals surface area contributed by atoms with E-state index in [0.29, 0.717) is 0 Å². The van der Waals surface area contributed by atoms with Gasteiger partial charge in [-0.3, -0.25) is 4.98 Å². The van der Waals surface area contributed by atoms with Crippen LogP contribution in [0.4, 0.5) is 0 Å². The van der Waals surface area contributed by atoms with Gasteiger partial charge in [-0.25, -0.2) is 4.98 Å². The van der Waals surface area contributed by atoms with E-state index in [1.54, 1.807) is 11.3 Å². The van der Waals surface area contributed by atoms with Crippen LogP contribution in [-0.2, 0) is 6.42 Å². The van der Waals surface area contributed by atoms with Gasteiger partial charge in [-0.2, -0.15) is 0 Å². The first-order valence-corrected chi connectivity index (χ1v) is 4.47. The molecule has 0 saturated heterocycles. The smallest absolute Gasteiger partial charge is 0.103 e. The zero-order chi connectivity index (χ0) is 7.68. The van der Waals surface area contributed by atoms with E-state index in [4.69, 9.17) is 0 Å². The van der Waals surface area contributed by atoms with Crippen LogP contribution in [0.15, 0.2) is 17.8 Å². The number of hydrogen-bond donors (Lipinski definition) is 0. The van der Waals surface area contributed by atoms with Crippen LogP contribution in [0.25, 0.3) is 10.2 Å². The molecule has 3 heteroatoms. The lowest BCUT2D eigenvalue weighted by molar-refractivity contribution is 1.05. The molecule has 0 spiro atoms. The maximum absolute atomic E-state index is 4.25. The number of rotatable bonds is 1. The Morgan fingerprint density at radius 2 is 2.36 bits per heavy atom. The number of hydrogen-bond acceptors (Lipinski definition) is 3. The molecule has 2 heterocycles. The van der Waals surface area contributed by atoms with Gasteiger partial charge in [-0.05, 0) is 12.5 Å². The summed E-state index contributed by atoms with van der Waals surface area (Å²) in [5.74, 6) is 0. The van der Waals surface area contributed by atoms with Crippen LogP contribution in [0.5, 0.6) is 0 Å². The van der Waals surface area contributed by atoms with Crippen LogP contribution < -0.4 is 0 Å². The molecule has 0 bridgehead atoms. The molecule has 0 fully saturated rings. The van der Waals surface area contributed by atoms with Crippen molar-refractivity contribution in [3.05, 3.63) is 23.5 Å².